The maximum Gasteiger partial charge on any atom is 0.312 e. The van der Waals surface area contributed by atoms with Gasteiger partial charge in [0.15, 0.2) is 0 Å². The maximum absolute atomic E-state index is 13.4. The highest BCUT2D eigenvalue weighted by Gasteiger charge is 2.10. The number of amides is 3. The smallest absolute Gasteiger partial charge is 0.312 e. The first kappa shape index (κ1) is 13.4. The zero-order valence-electron chi connectivity index (χ0n) is 8.80. The number of hydrogen-bond acceptors (Lipinski definition) is 2. The molecule has 0 saturated heterocycles. The van der Waals surface area contributed by atoms with Crippen LogP contribution in [0.2, 0.25) is 0 Å². The van der Waals surface area contributed by atoms with Gasteiger partial charge < -0.3 is 16.4 Å². The molecule has 0 unspecified atom stereocenters. The van der Waals surface area contributed by atoms with Crippen molar-refractivity contribution in [1.29, 1.82) is 0 Å². The lowest BCUT2D eigenvalue weighted by atomic mass is 10.2. The molecule has 0 fully saturated rings. The second kappa shape index (κ2) is 6.19. The zero-order chi connectivity index (χ0) is 12.8. The van der Waals surface area contributed by atoms with Crippen LogP contribution in [0.3, 0.4) is 0 Å². The van der Waals surface area contributed by atoms with Crippen molar-refractivity contribution in [3.05, 3.63) is 34.1 Å². The van der Waals surface area contributed by atoms with Gasteiger partial charge in [-0.3, -0.25) is 4.79 Å². The van der Waals surface area contributed by atoms with Crippen molar-refractivity contribution < 1.29 is 14.0 Å². The summed E-state index contributed by atoms with van der Waals surface area (Å²) < 4.78 is 13.9. The minimum atomic E-state index is -0.672. The molecule has 92 valence electrons. The van der Waals surface area contributed by atoms with Crippen LogP contribution in [0.15, 0.2) is 22.7 Å². The number of carbonyl (C=O) groups excluding carboxylic acids is 2. The SMILES string of the molecule is NC(=O)NCCNC(=O)c1ccc(Br)cc1F. The van der Waals surface area contributed by atoms with Gasteiger partial charge in [0.1, 0.15) is 5.82 Å². The number of carbonyl (C=O) groups is 2. The quantitative estimate of drug-likeness (QED) is 0.725. The van der Waals surface area contributed by atoms with Crippen molar-refractivity contribution in [3.8, 4) is 0 Å². The minimum Gasteiger partial charge on any atom is -0.352 e. The van der Waals surface area contributed by atoms with Crippen molar-refractivity contribution in [2.75, 3.05) is 13.1 Å². The van der Waals surface area contributed by atoms with Gasteiger partial charge in [-0.2, -0.15) is 0 Å². The Morgan fingerprint density at radius 1 is 1.29 bits per heavy atom. The summed E-state index contributed by atoms with van der Waals surface area (Å²) in [5, 5.41) is 4.75. The average molecular weight is 304 g/mol. The fourth-order valence-corrected chi connectivity index (χ4v) is 1.46. The minimum absolute atomic E-state index is 0.0488. The molecule has 7 heteroatoms. The van der Waals surface area contributed by atoms with Crippen LogP contribution in [0, 0.1) is 5.82 Å². The van der Waals surface area contributed by atoms with E-state index in [-0.39, 0.29) is 18.7 Å². The monoisotopic (exact) mass is 303 g/mol. The number of halogens is 2. The Labute approximate surface area is 106 Å². The van der Waals surface area contributed by atoms with Gasteiger partial charge >= 0.3 is 6.03 Å². The van der Waals surface area contributed by atoms with Crippen LogP contribution < -0.4 is 16.4 Å². The number of rotatable bonds is 4. The van der Waals surface area contributed by atoms with Crippen LogP contribution in [0.25, 0.3) is 0 Å². The first-order chi connectivity index (χ1) is 8.00. The summed E-state index contributed by atoms with van der Waals surface area (Å²) in [7, 11) is 0. The number of benzene rings is 1. The summed E-state index contributed by atoms with van der Waals surface area (Å²) in [5.74, 6) is -1.15. The van der Waals surface area contributed by atoms with Crippen molar-refractivity contribution in [1.82, 2.24) is 10.6 Å². The maximum atomic E-state index is 13.4. The summed E-state index contributed by atoms with van der Waals surface area (Å²) >= 11 is 3.09. The van der Waals surface area contributed by atoms with E-state index in [4.69, 9.17) is 5.73 Å². The third kappa shape index (κ3) is 4.39. The lowest BCUT2D eigenvalue weighted by molar-refractivity contribution is 0.0950. The molecule has 0 atom stereocenters. The van der Waals surface area contributed by atoms with E-state index < -0.39 is 17.8 Å². The summed E-state index contributed by atoms with van der Waals surface area (Å²) in [6.45, 7) is 0.372. The van der Waals surface area contributed by atoms with Crippen molar-refractivity contribution in [2.24, 2.45) is 5.73 Å². The third-order valence-corrected chi connectivity index (χ3v) is 2.38. The van der Waals surface area contributed by atoms with Crippen LogP contribution in [0.4, 0.5) is 9.18 Å². The van der Waals surface area contributed by atoms with E-state index in [1.807, 2.05) is 0 Å². The molecular weight excluding hydrogens is 293 g/mol. The molecule has 0 radical (unpaired) electrons. The Balaban J connectivity index is 2.50. The van der Waals surface area contributed by atoms with Gasteiger partial charge in [-0.25, -0.2) is 9.18 Å². The Morgan fingerprint density at radius 2 is 1.94 bits per heavy atom. The fraction of sp³-hybridized carbons (Fsp3) is 0.200. The Bertz CT molecular complexity index is 440. The first-order valence-electron chi connectivity index (χ1n) is 4.77. The highest BCUT2D eigenvalue weighted by Crippen LogP contribution is 2.14. The predicted molar refractivity (Wildman–Crippen MR) is 64.0 cm³/mol. The summed E-state index contributed by atoms with van der Waals surface area (Å²) in [4.78, 5) is 21.8. The van der Waals surface area contributed by atoms with E-state index >= 15 is 0 Å². The lowest BCUT2D eigenvalue weighted by Crippen LogP contribution is -2.37. The Morgan fingerprint density at radius 3 is 2.53 bits per heavy atom. The van der Waals surface area contributed by atoms with Crippen molar-refractivity contribution >= 4 is 27.9 Å². The van der Waals surface area contributed by atoms with Gasteiger partial charge in [0, 0.05) is 17.6 Å². The number of primary amides is 1. The molecule has 0 saturated carbocycles. The molecule has 1 aromatic rings. The average Bonchev–Trinajstić information content (AvgIpc) is 2.23. The number of hydrogen-bond donors (Lipinski definition) is 3. The largest absolute Gasteiger partial charge is 0.352 e. The molecule has 1 rings (SSSR count). The lowest BCUT2D eigenvalue weighted by Gasteiger charge is -2.06. The molecule has 4 N–H and O–H groups in total. The fourth-order valence-electron chi connectivity index (χ4n) is 1.13. The van der Waals surface area contributed by atoms with E-state index in [0.29, 0.717) is 4.47 Å². The molecule has 3 amide bonds. The highest BCUT2D eigenvalue weighted by atomic mass is 79.9. The van der Waals surface area contributed by atoms with E-state index in [1.165, 1.54) is 12.1 Å². The van der Waals surface area contributed by atoms with Gasteiger partial charge in [0.25, 0.3) is 5.91 Å². The topological polar surface area (TPSA) is 84.2 Å². The van der Waals surface area contributed by atoms with E-state index in [0.717, 1.165) is 0 Å². The zero-order valence-corrected chi connectivity index (χ0v) is 10.4. The molecule has 1 aromatic carbocycles. The molecule has 0 aliphatic heterocycles. The van der Waals surface area contributed by atoms with Gasteiger partial charge in [-0.1, -0.05) is 15.9 Å². The van der Waals surface area contributed by atoms with E-state index in [2.05, 4.69) is 26.6 Å². The van der Waals surface area contributed by atoms with Gasteiger partial charge in [0.05, 0.1) is 5.56 Å². The molecule has 0 aliphatic rings. The van der Waals surface area contributed by atoms with Gasteiger partial charge in [-0.15, -0.1) is 0 Å². The predicted octanol–water partition coefficient (Wildman–Crippen LogP) is 0.986. The molecule has 17 heavy (non-hydrogen) atoms. The van der Waals surface area contributed by atoms with Crippen molar-refractivity contribution in [2.45, 2.75) is 0 Å². The summed E-state index contributed by atoms with van der Waals surface area (Å²) in [6, 6.07) is 3.47. The normalized spacial score (nSPS) is 9.76. The Kier molecular flexibility index (Phi) is 4.89. The molecule has 0 spiro atoms. The van der Waals surface area contributed by atoms with E-state index in [1.54, 1.807) is 6.07 Å². The number of nitrogens with one attached hydrogen (secondary N) is 2. The molecule has 0 aromatic heterocycles. The van der Waals surface area contributed by atoms with Crippen LogP contribution in [0.5, 0.6) is 0 Å². The van der Waals surface area contributed by atoms with E-state index in [9.17, 15) is 14.0 Å². The molecule has 0 heterocycles. The molecular formula is C10H11BrFN3O2. The second-order valence-corrected chi connectivity index (χ2v) is 4.09. The standard InChI is InChI=1S/C10H11BrFN3O2/c11-6-1-2-7(8(12)5-6)9(16)14-3-4-15-10(13)17/h1-2,5H,3-4H2,(H,14,16)(H3,13,15,17). The highest BCUT2D eigenvalue weighted by molar-refractivity contribution is 9.10. The number of nitrogens with two attached hydrogens (primary N) is 1. The van der Waals surface area contributed by atoms with Gasteiger partial charge in [-0.05, 0) is 18.2 Å². The second-order valence-electron chi connectivity index (χ2n) is 3.17. The van der Waals surface area contributed by atoms with Crippen LogP contribution >= 0.6 is 15.9 Å². The summed E-state index contributed by atoms with van der Waals surface area (Å²) in [5.41, 5.74) is 4.78. The van der Waals surface area contributed by atoms with Gasteiger partial charge in [0.2, 0.25) is 0 Å². The van der Waals surface area contributed by atoms with Crippen LogP contribution in [0.1, 0.15) is 10.4 Å². The van der Waals surface area contributed by atoms with Crippen LogP contribution in [-0.4, -0.2) is 25.0 Å². The first-order valence-corrected chi connectivity index (χ1v) is 5.56. The van der Waals surface area contributed by atoms with Crippen molar-refractivity contribution in [3.63, 3.8) is 0 Å². The third-order valence-electron chi connectivity index (χ3n) is 1.89. The van der Waals surface area contributed by atoms with Crippen LogP contribution in [-0.2, 0) is 0 Å². The number of urea groups is 1. The molecule has 0 aliphatic carbocycles. The molecule has 5 nitrogen and oxygen atoms in total. The Hall–Kier alpha value is -1.63. The summed E-state index contributed by atoms with van der Waals surface area (Å²) in [6.07, 6.45) is 0. The molecule has 0 bridgehead atoms.